The van der Waals surface area contributed by atoms with Gasteiger partial charge in [-0.3, -0.25) is 0 Å². The fourth-order valence-electron chi connectivity index (χ4n) is 1.38. The minimum absolute atomic E-state index is 0.386. The topological polar surface area (TPSA) is 0 Å². The van der Waals surface area contributed by atoms with Crippen LogP contribution in [0.1, 0.15) is 22.3 Å². The molecule has 0 N–H and O–H groups in total. The zero-order chi connectivity index (χ0) is 14.0. The van der Waals surface area contributed by atoms with Gasteiger partial charge < -0.3 is 0 Å². The molecule has 0 fully saturated rings. The zero-order valence-corrected chi connectivity index (χ0v) is 9.42. The van der Waals surface area contributed by atoms with E-state index >= 15 is 0 Å². The van der Waals surface area contributed by atoms with Gasteiger partial charge in [0.1, 0.15) is 0 Å². The largest absolute Gasteiger partial charge is 0.306 e. The molecule has 0 spiro atoms. The highest BCUT2D eigenvalue weighted by molar-refractivity contribution is 5.76. The molecule has 0 aromatic heterocycles. The van der Waals surface area contributed by atoms with Crippen LogP contribution in [0.25, 0.3) is 11.7 Å². The zero-order valence-electron chi connectivity index (χ0n) is 9.42. The van der Waals surface area contributed by atoms with E-state index in [9.17, 15) is 26.3 Å². The summed E-state index contributed by atoms with van der Waals surface area (Å²) in [5, 5.41) is 0. The molecule has 1 aromatic carbocycles. The summed E-state index contributed by atoms with van der Waals surface area (Å²) in [6.07, 6.45) is -5.38. The number of aryl methyl sites for hydroxylation is 2. The standard InChI is InChI=1S/C12H8F6/c1-5-3-7(9(13)11(15)16)8(4-6(5)2)10(14)12(17)18/h3-4H,1-2H3. The molecular weight excluding hydrogens is 258 g/mol. The lowest BCUT2D eigenvalue weighted by molar-refractivity contribution is 0.407. The highest BCUT2D eigenvalue weighted by Crippen LogP contribution is 2.34. The van der Waals surface area contributed by atoms with E-state index in [2.05, 4.69) is 0 Å². The van der Waals surface area contributed by atoms with Gasteiger partial charge >= 0.3 is 12.2 Å². The van der Waals surface area contributed by atoms with E-state index in [-0.39, 0.29) is 0 Å². The van der Waals surface area contributed by atoms with Crippen molar-refractivity contribution in [1.82, 2.24) is 0 Å². The molecule has 6 heteroatoms. The van der Waals surface area contributed by atoms with Gasteiger partial charge in [0.05, 0.1) is 0 Å². The smallest absolute Gasteiger partial charge is 0.200 e. The molecule has 0 atom stereocenters. The Labute approximate surface area is 99.2 Å². The van der Waals surface area contributed by atoms with Crippen LogP contribution in [-0.2, 0) is 0 Å². The summed E-state index contributed by atoms with van der Waals surface area (Å²) < 4.78 is 75.0. The Hall–Kier alpha value is -1.72. The second-order valence-electron chi connectivity index (χ2n) is 3.63. The predicted octanol–water partition coefficient (Wildman–Crippen LogP) is 5.37. The maximum atomic E-state index is 13.1. The number of hydrogen-bond donors (Lipinski definition) is 0. The molecule has 98 valence electrons. The summed E-state index contributed by atoms with van der Waals surface area (Å²) in [6, 6.07) is 1.81. The number of hydrogen-bond acceptors (Lipinski definition) is 0. The average Bonchev–Trinajstić information content (AvgIpc) is 2.29. The second kappa shape index (κ2) is 5.29. The molecule has 1 rings (SSSR count). The number of benzene rings is 1. The maximum absolute atomic E-state index is 13.1. The monoisotopic (exact) mass is 266 g/mol. The molecule has 0 amide bonds. The molecule has 0 nitrogen and oxygen atoms in total. The third kappa shape index (κ3) is 2.75. The first kappa shape index (κ1) is 14.3. The lowest BCUT2D eigenvalue weighted by atomic mass is 9.98. The van der Waals surface area contributed by atoms with Crippen LogP contribution >= 0.6 is 0 Å². The summed E-state index contributed by atoms with van der Waals surface area (Å²) in [6.45, 7) is 2.94. The van der Waals surface area contributed by atoms with Crippen molar-refractivity contribution in [2.24, 2.45) is 0 Å². The van der Waals surface area contributed by atoms with E-state index in [4.69, 9.17) is 0 Å². The van der Waals surface area contributed by atoms with E-state index in [0.717, 1.165) is 12.1 Å². The van der Waals surface area contributed by atoms with Gasteiger partial charge in [-0.15, -0.1) is 0 Å². The van der Waals surface area contributed by atoms with Crippen molar-refractivity contribution in [3.05, 3.63) is 46.5 Å². The van der Waals surface area contributed by atoms with Crippen LogP contribution in [0.2, 0.25) is 0 Å². The first-order valence-electron chi connectivity index (χ1n) is 4.79. The molecule has 1 aromatic rings. The van der Waals surface area contributed by atoms with Gasteiger partial charge in [0, 0.05) is 11.1 Å². The SMILES string of the molecule is Cc1cc(C(F)=C(F)F)c(C(F)=C(F)F)cc1C. The number of halogens is 6. The van der Waals surface area contributed by atoms with E-state index in [1.807, 2.05) is 0 Å². The van der Waals surface area contributed by atoms with E-state index < -0.39 is 34.9 Å². The Bertz CT molecular complexity index is 485. The van der Waals surface area contributed by atoms with Crippen molar-refractivity contribution in [3.8, 4) is 0 Å². The normalized spacial score (nSPS) is 10.2. The molecule has 0 bridgehead atoms. The van der Waals surface area contributed by atoms with Gasteiger partial charge in [0.2, 0.25) is 0 Å². The minimum Gasteiger partial charge on any atom is -0.200 e. The van der Waals surface area contributed by atoms with Gasteiger partial charge in [-0.1, -0.05) is 0 Å². The molecule has 0 aliphatic rings. The van der Waals surface area contributed by atoms with E-state index in [1.165, 1.54) is 13.8 Å². The van der Waals surface area contributed by atoms with Crippen molar-refractivity contribution in [2.75, 3.05) is 0 Å². The summed E-state index contributed by atoms with van der Waals surface area (Å²) in [7, 11) is 0. The van der Waals surface area contributed by atoms with Gasteiger partial charge in [-0.2, -0.15) is 17.6 Å². The van der Waals surface area contributed by atoms with Crippen molar-refractivity contribution in [2.45, 2.75) is 13.8 Å². The van der Waals surface area contributed by atoms with Crippen LogP contribution in [0.3, 0.4) is 0 Å². The van der Waals surface area contributed by atoms with E-state index in [1.54, 1.807) is 0 Å². The predicted molar refractivity (Wildman–Crippen MR) is 56.4 cm³/mol. The Morgan fingerprint density at radius 2 is 0.944 bits per heavy atom. The Kier molecular flexibility index (Phi) is 4.21. The first-order valence-corrected chi connectivity index (χ1v) is 4.79. The highest BCUT2D eigenvalue weighted by atomic mass is 19.3. The molecule has 0 saturated heterocycles. The highest BCUT2D eigenvalue weighted by Gasteiger charge is 2.20. The van der Waals surface area contributed by atoms with Gasteiger partial charge in [-0.05, 0) is 37.1 Å². The molecular formula is C12H8F6. The summed E-state index contributed by atoms with van der Waals surface area (Å²) in [4.78, 5) is 0. The lowest BCUT2D eigenvalue weighted by Crippen LogP contribution is -1.94. The fourth-order valence-corrected chi connectivity index (χ4v) is 1.38. The van der Waals surface area contributed by atoms with Crippen molar-refractivity contribution >= 4 is 11.7 Å². The van der Waals surface area contributed by atoms with Crippen LogP contribution < -0.4 is 0 Å². The second-order valence-corrected chi connectivity index (χ2v) is 3.63. The molecule has 18 heavy (non-hydrogen) atoms. The Morgan fingerprint density at radius 1 is 0.667 bits per heavy atom. The van der Waals surface area contributed by atoms with Gasteiger partial charge in [-0.25, -0.2) is 8.78 Å². The third-order valence-corrected chi connectivity index (χ3v) is 2.44. The van der Waals surface area contributed by atoms with Gasteiger partial charge in [0.15, 0.2) is 11.7 Å². The summed E-state index contributed by atoms with van der Waals surface area (Å²) >= 11 is 0. The van der Waals surface area contributed by atoms with Crippen molar-refractivity contribution < 1.29 is 26.3 Å². The molecule has 0 saturated carbocycles. The summed E-state index contributed by atoms with van der Waals surface area (Å²) in [5.74, 6) is -4.02. The van der Waals surface area contributed by atoms with Crippen LogP contribution in [0.4, 0.5) is 26.3 Å². The Balaban J connectivity index is 3.65. The summed E-state index contributed by atoms with van der Waals surface area (Å²) in [5.41, 5.74) is -0.999. The molecule has 0 aliphatic heterocycles. The van der Waals surface area contributed by atoms with E-state index in [0.29, 0.717) is 11.1 Å². The van der Waals surface area contributed by atoms with Crippen LogP contribution in [0, 0.1) is 13.8 Å². The average molecular weight is 266 g/mol. The Morgan fingerprint density at radius 3 is 1.17 bits per heavy atom. The fraction of sp³-hybridized carbons (Fsp3) is 0.167. The van der Waals surface area contributed by atoms with Gasteiger partial charge in [0.25, 0.3) is 0 Å². The minimum atomic E-state index is -2.69. The van der Waals surface area contributed by atoms with Crippen LogP contribution in [0.15, 0.2) is 24.3 Å². The molecule has 0 radical (unpaired) electrons. The van der Waals surface area contributed by atoms with Crippen molar-refractivity contribution in [1.29, 1.82) is 0 Å². The molecule has 0 heterocycles. The van der Waals surface area contributed by atoms with Crippen LogP contribution in [0.5, 0.6) is 0 Å². The molecule has 0 unspecified atom stereocenters. The molecule has 0 aliphatic carbocycles. The first-order chi connectivity index (χ1) is 8.25. The van der Waals surface area contributed by atoms with Crippen LogP contribution in [-0.4, -0.2) is 0 Å². The lowest BCUT2D eigenvalue weighted by Gasteiger charge is -2.09. The van der Waals surface area contributed by atoms with Crippen molar-refractivity contribution in [3.63, 3.8) is 0 Å². The third-order valence-electron chi connectivity index (χ3n) is 2.44. The quantitative estimate of drug-likeness (QED) is 0.631. The number of rotatable bonds is 2. The maximum Gasteiger partial charge on any atom is 0.306 e.